The zero-order chi connectivity index (χ0) is 30.9. The number of quaternary nitrogens is 1. The van der Waals surface area contributed by atoms with Crippen LogP contribution in [-0.4, -0.2) is 80.1 Å². The van der Waals surface area contributed by atoms with Crippen molar-refractivity contribution in [3.63, 3.8) is 0 Å². The summed E-state index contributed by atoms with van der Waals surface area (Å²) in [4.78, 5) is 12.3. The van der Waals surface area contributed by atoms with Crippen molar-refractivity contribution in [2.45, 2.75) is 62.6 Å². The van der Waals surface area contributed by atoms with Gasteiger partial charge in [-0.25, -0.2) is 22.2 Å². The van der Waals surface area contributed by atoms with Crippen molar-refractivity contribution < 1.29 is 50.4 Å². The minimum absolute atomic E-state index is 0. The number of anilines is 2. The van der Waals surface area contributed by atoms with Crippen LogP contribution in [0.4, 0.5) is 20.5 Å². The summed E-state index contributed by atoms with van der Waals surface area (Å²) in [5.74, 6) is 0.360. The van der Waals surface area contributed by atoms with E-state index in [4.69, 9.17) is 14.7 Å². The molecule has 4 heterocycles. The number of nitrogens with one attached hydrogen (secondary N) is 1. The van der Waals surface area contributed by atoms with Crippen LogP contribution < -0.4 is 38.9 Å². The number of piperidine rings is 2. The molecule has 3 aliphatic rings. The highest BCUT2D eigenvalue weighted by atomic mass is 127. The number of ether oxygens (including phenoxy) is 1. The molecule has 9 nitrogen and oxygen atoms in total. The SMILES string of the molecule is COc1ccc(S(=O)(=O)N2CCc3nc(N4CCC([N+]5(C)CCCCC5)CC4)nc(NCc4ccc(F)cc4F)c3C2)cc1.[I-]. The quantitative estimate of drug-likeness (QED) is 0.277. The van der Waals surface area contributed by atoms with E-state index in [1.807, 2.05) is 0 Å². The van der Waals surface area contributed by atoms with Gasteiger partial charge in [-0.3, -0.25) is 0 Å². The van der Waals surface area contributed by atoms with Gasteiger partial charge in [0, 0.05) is 69.2 Å². The van der Waals surface area contributed by atoms with Crippen LogP contribution in [0.3, 0.4) is 0 Å². The summed E-state index contributed by atoms with van der Waals surface area (Å²) in [7, 11) is 0.134. The average molecular weight is 755 g/mol. The summed E-state index contributed by atoms with van der Waals surface area (Å²) in [5, 5.41) is 3.24. The Morgan fingerprint density at radius 3 is 2.38 bits per heavy atom. The van der Waals surface area contributed by atoms with Gasteiger partial charge in [0.05, 0.1) is 43.9 Å². The number of hydrogen-bond donors (Lipinski definition) is 1. The first kappa shape index (κ1) is 33.7. The number of benzene rings is 2. The van der Waals surface area contributed by atoms with Gasteiger partial charge in [0.25, 0.3) is 0 Å². The zero-order valence-corrected chi connectivity index (χ0v) is 28.8. The van der Waals surface area contributed by atoms with Crippen LogP contribution in [0, 0.1) is 11.6 Å². The summed E-state index contributed by atoms with van der Waals surface area (Å²) < 4.78 is 63.0. The molecule has 0 aliphatic carbocycles. The molecule has 1 aromatic heterocycles. The zero-order valence-electron chi connectivity index (χ0n) is 25.8. The van der Waals surface area contributed by atoms with Crippen LogP contribution >= 0.6 is 0 Å². The number of nitrogens with zero attached hydrogens (tertiary/aromatic N) is 5. The predicted molar refractivity (Wildman–Crippen MR) is 165 cm³/mol. The number of rotatable bonds is 8. The van der Waals surface area contributed by atoms with Crippen molar-refractivity contribution in [3.8, 4) is 5.75 Å². The maximum atomic E-state index is 14.5. The number of hydrogen-bond acceptors (Lipinski definition) is 7. The monoisotopic (exact) mass is 754 g/mol. The Morgan fingerprint density at radius 2 is 1.71 bits per heavy atom. The van der Waals surface area contributed by atoms with E-state index in [0.717, 1.165) is 42.2 Å². The summed E-state index contributed by atoms with van der Waals surface area (Å²) in [6.45, 7) is 4.60. The predicted octanol–water partition coefficient (Wildman–Crippen LogP) is 1.73. The Labute approximate surface area is 281 Å². The maximum absolute atomic E-state index is 14.5. The number of halogens is 3. The highest BCUT2D eigenvalue weighted by molar-refractivity contribution is 7.89. The third kappa shape index (κ3) is 7.20. The smallest absolute Gasteiger partial charge is 0.243 e. The van der Waals surface area contributed by atoms with E-state index in [9.17, 15) is 17.2 Å². The Balaban J connectivity index is 0.00000400. The van der Waals surface area contributed by atoms with Crippen LogP contribution in [0.2, 0.25) is 0 Å². The molecular formula is C32H41F2IN6O3S. The summed E-state index contributed by atoms with van der Waals surface area (Å²) in [6, 6.07) is 10.4. The first-order chi connectivity index (χ1) is 21.2. The molecule has 6 rings (SSSR count). The van der Waals surface area contributed by atoms with Crippen molar-refractivity contribution in [2.24, 2.45) is 0 Å². The Morgan fingerprint density at radius 1 is 1.00 bits per heavy atom. The molecule has 0 bridgehead atoms. The second kappa shape index (κ2) is 14.0. The van der Waals surface area contributed by atoms with Crippen molar-refractivity contribution in [2.75, 3.05) is 57.1 Å². The number of aromatic nitrogens is 2. The number of sulfonamides is 1. The van der Waals surface area contributed by atoms with Crippen molar-refractivity contribution in [3.05, 3.63) is 70.9 Å². The Kier molecular flexibility index (Phi) is 10.5. The fraction of sp³-hybridized carbons (Fsp3) is 0.500. The average Bonchev–Trinajstić information content (AvgIpc) is 3.04. The molecule has 0 spiro atoms. The van der Waals surface area contributed by atoms with Gasteiger partial charge < -0.3 is 43.4 Å². The minimum atomic E-state index is -3.80. The van der Waals surface area contributed by atoms with Gasteiger partial charge in [-0.2, -0.15) is 9.29 Å². The third-order valence-corrected chi connectivity index (χ3v) is 11.5. The third-order valence-electron chi connectivity index (χ3n) is 9.64. The summed E-state index contributed by atoms with van der Waals surface area (Å²) in [5.41, 5.74) is 1.74. The van der Waals surface area contributed by atoms with Crippen LogP contribution in [0.1, 0.15) is 48.9 Å². The van der Waals surface area contributed by atoms with Crippen molar-refractivity contribution >= 4 is 21.8 Å². The van der Waals surface area contributed by atoms with Crippen molar-refractivity contribution in [1.29, 1.82) is 0 Å². The molecule has 2 fully saturated rings. The fourth-order valence-electron chi connectivity index (χ4n) is 6.90. The molecule has 244 valence electrons. The number of methoxy groups -OCH3 is 1. The van der Waals surface area contributed by atoms with Crippen LogP contribution in [-0.2, 0) is 29.5 Å². The van der Waals surface area contributed by atoms with E-state index in [2.05, 4.69) is 17.3 Å². The molecule has 2 saturated heterocycles. The second-order valence-corrected chi connectivity index (χ2v) is 14.3. The van der Waals surface area contributed by atoms with Crippen LogP contribution in [0.25, 0.3) is 0 Å². The highest BCUT2D eigenvalue weighted by Gasteiger charge is 2.38. The lowest BCUT2D eigenvalue weighted by Crippen LogP contribution is -3.00. The standard InChI is InChI=1S/C32H41F2N6O3S.HI/c1-40(18-4-3-5-19-40)25-12-15-38(16-13-25)32-36-30-14-17-39(44(41,42)27-10-8-26(43-2)9-11-27)22-28(30)31(37-32)35-21-23-6-7-24(33)20-29(23)34;/h6-11,20,25H,3-5,12-19,21-22H2,1-2H3,(H,35,36,37);1H/q+1;/p-1. The van der Waals surface area contributed by atoms with Crippen molar-refractivity contribution in [1.82, 2.24) is 14.3 Å². The Hall–Kier alpha value is -2.62. The van der Waals surface area contributed by atoms with Gasteiger partial charge in [-0.15, -0.1) is 0 Å². The van der Waals surface area contributed by atoms with E-state index >= 15 is 0 Å². The van der Waals surface area contributed by atoms with Gasteiger partial charge in [-0.05, 0) is 49.6 Å². The molecule has 0 unspecified atom stereocenters. The molecule has 45 heavy (non-hydrogen) atoms. The summed E-state index contributed by atoms with van der Waals surface area (Å²) >= 11 is 0. The molecule has 3 aromatic rings. The molecule has 0 saturated carbocycles. The lowest BCUT2D eigenvalue weighted by molar-refractivity contribution is -0.938. The minimum Gasteiger partial charge on any atom is -1.00 e. The molecule has 3 aliphatic heterocycles. The largest absolute Gasteiger partial charge is 1.00 e. The maximum Gasteiger partial charge on any atom is 0.243 e. The van der Waals surface area contributed by atoms with Crippen LogP contribution in [0.15, 0.2) is 47.4 Å². The normalized spacial score (nSPS) is 19.0. The summed E-state index contributed by atoms with van der Waals surface area (Å²) in [6.07, 6.45) is 6.46. The van der Waals surface area contributed by atoms with E-state index in [1.54, 1.807) is 12.1 Å². The number of likely N-dealkylation sites (tertiary alicyclic amines) is 1. The van der Waals surface area contributed by atoms with Gasteiger partial charge in [0.15, 0.2) is 0 Å². The molecule has 0 radical (unpaired) electrons. The molecule has 13 heteroatoms. The van der Waals surface area contributed by atoms with Crippen LogP contribution in [0.5, 0.6) is 5.75 Å². The lowest BCUT2D eigenvalue weighted by Gasteiger charge is -2.47. The topological polar surface area (TPSA) is 87.7 Å². The van der Waals surface area contributed by atoms with Gasteiger partial charge in [-0.1, -0.05) is 6.07 Å². The van der Waals surface area contributed by atoms with E-state index in [0.29, 0.717) is 35.5 Å². The second-order valence-electron chi connectivity index (χ2n) is 12.4. The first-order valence-corrected chi connectivity index (χ1v) is 16.9. The molecule has 0 atom stereocenters. The first-order valence-electron chi connectivity index (χ1n) is 15.5. The van der Waals surface area contributed by atoms with Gasteiger partial charge in [0.1, 0.15) is 23.2 Å². The van der Waals surface area contributed by atoms with Gasteiger partial charge >= 0.3 is 0 Å². The molecular weight excluding hydrogens is 713 g/mol. The van der Waals surface area contributed by atoms with E-state index < -0.39 is 21.7 Å². The molecule has 1 N–H and O–H groups in total. The molecule has 2 aromatic carbocycles. The molecule has 0 amide bonds. The van der Waals surface area contributed by atoms with E-state index in [1.165, 1.54) is 68.0 Å². The fourth-order valence-corrected chi connectivity index (χ4v) is 8.31. The number of fused-ring (bicyclic) bond motifs is 1. The highest BCUT2D eigenvalue weighted by Crippen LogP contribution is 2.33. The van der Waals surface area contributed by atoms with E-state index in [-0.39, 0.29) is 54.1 Å². The lowest BCUT2D eigenvalue weighted by atomic mass is 9.97. The van der Waals surface area contributed by atoms with Gasteiger partial charge in [0.2, 0.25) is 16.0 Å². The Bertz CT molecular complexity index is 1600.